The van der Waals surface area contributed by atoms with E-state index in [0.29, 0.717) is 0 Å². The van der Waals surface area contributed by atoms with Gasteiger partial charge in [-0.05, 0) is 44.8 Å². The van der Waals surface area contributed by atoms with Crippen LogP contribution in [0.15, 0.2) is 12.3 Å². The molecule has 0 aromatic heterocycles. The highest BCUT2D eigenvalue weighted by Crippen LogP contribution is 2.13. The van der Waals surface area contributed by atoms with Gasteiger partial charge in [0, 0.05) is 0 Å². The van der Waals surface area contributed by atoms with Gasteiger partial charge < -0.3 is 10.1 Å². The van der Waals surface area contributed by atoms with Crippen LogP contribution in [0.1, 0.15) is 136 Å². The first-order valence-electron chi connectivity index (χ1n) is 12.9. The van der Waals surface area contributed by atoms with Crippen LogP contribution in [0.25, 0.3) is 0 Å². The lowest BCUT2D eigenvalue weighted by atomic mass is 10.0. The van der Waals surface area contributed by atoms with Crippen molar-refractivity contribution in [2.24, 2.45) is 0 Å². The Labute approximate surface area is 178 Å². The monoisotopic (exact) mass is 395 g/mol. The maximum atomic E-state index is 5.56. The van der Waals surface area contributed by atoms with E-state index in [1.165, 1.54) is 116 Å². The van der Waals surface area contributed by atoms with Gasteiger partial charge in [0.15, 0.2) is 0 Å². The van der Waals surface area contributed by atoms with E-state index in [2.05, 4.69) is 25.2 Å². The second kappa shape index (κ2) is 26.5. The van der Waals surface area contributed by atoms with Crippen LogP contribution < -0.4 is 5.32 Å². The fourth-order valence-electron chi connectivity index (χ4n) is 3.57. The Morgan fingerprint density at radius 1 is 0.536 bits per heavy atom. The summed E-state index contributed by atoms with van der Waals surface area (Å²) in [7, 11) is 0. The highest BCUT2D eigenvalue weighted by Gasteiger charge is 1.94. The van der Waals surface area contributed by atoms with Gasteiger partial charge >= 0.3 is 0 Å². The zero-order valence-electron chi connectivity index (χ0n) is 19.6. The first-order chi connectivity index (χ1) is 13.9. The Balaban J connectivity index is 3.04. The molecule has 0 bridgehead atoms. The van der Waals surface area contributed by atoms with E-state index in [1.807, 2.05) is 6.26 Å². The third-order valence-electron chi connectivity index (χ3n) is 5.49. The molecule has 0 saturated heterocycles. The number of rotatable bonds is 24. The fourth-order valence-corrected chi connectivity index (χ4v) is 3.57. The standard InChI is InChI=1S/C26H53NO/c1-3-5-7-8-9-10-11-12-13-14-15-16-17-18-19-21-25-28-26-22-24-27-23-20-6-4-2/h21,25,27H,3-20,22-24,26H2,1-2H3. The van der Waals surface area contributed by atoms with Crippen molar-refractivity contribution in [1.29, 1.82) is 0 Å². The molecule has 0 atom stereocenters. The molecule has 0 amide bonds. The molecule has 0 radical (unpaired) electrons. The summed E-state index contributed by atoms with van der Waals surface area (Å²) in [5.74, 6) is 0. The van der Waals surface area contributed by atoms with Crippen LogP contribution in [0, 0.1) is 0 Å². The smallest absolute Gasteiger partial charge is 0.0885 e. The second-order valence-corrected chi connectivity index (χ2v) is 8.44. The molecule has 2 heteroatoms. The lowest BCUT2D eigenvalue weighted by Gasteiger charge is -2.04. The summed E-state index contributed by atoms with van der Waals surface area (Å²) in [5, 5.41) is 3.47. The minimum atomic E-state index is 0.843. The zero-order chi connectivity index (χ0) is 20.4. The predicted molar refractivity (Wildman–Crippen MR) is 127 cm³/mol. The SMILES string of the molecule is CCCCCCCCCCCCCCCCC=COCCCNCCCCC. The summed E-state index contributed by atoms with van der Waals surface area (Å²) in [4.78, 5) is 0. The third-order valence-corrected chi connectivity index (χ3v) is 5.49. The van der Waals surface area contributed by atoms with Gasteiger partial charge in [-0.1, -0.05) is 110 Å². The maximum Gasteiger partial charge on any atom is 0.0885 e. The number of ether oxygens (including phenoxy) is 1. The van der Waals surface area contributed by atoms with Crippen LogP contribution in [0.2, 0.25) is 0 Å². The molecule has 28 heavy (non-hydrogen) atoms. The van der Waals surface area contributed by atoms with E-state index in [0.717, 1.165) is 26.1 Å². The molecule has 1 N–H and O–H groups in total. The van der Waals surface area contributed by atoms with E-state index < -0.39 is 0 Å². The summed E-state index contributed by atoms with van der Waals surface area (Å²) < 4.78 is 5.56. The van der Waals surface area contributed by atoms with Crippen molar-refractivity contribution in [1.82, 2.24) is 5.32 Å². The predicted octanol–water partition coefficient (Wildman–Crippen LogP) is 8.56. The first-order valence-corrected chi connectivity index (χ1v) is 12.9. The molecule has 0 spiro atoms. The summed E-state index contributed by atoms with van der Waals surface area (Å²) in [6.07, 6.45) is 30.3. The second-order valence-electron chi connectivity index (χ2n) is 8.44. The Morgan fingerprint density at radius 3 is 1.57 bits per heavy atom. The van der Waals surface area contributed by atoms with Crippen LogP contribution >= 0.6 is 0 Å². The van der Waals surface area contributed by atoms with Gasteiger partial charge in [0.25, 0.3) is 0 Å². The van der Waals surface area contributed by atoms with Crippen molar-refractivity contribution in [3.05, 3.63) is 12.3 Å². The van der Waals surface area contributed by atoms with Gasteiger partial charge in [0.1, 0.15) is 0 Å². The lowest BCUT2D eigenvalue weighted by Crippen LogP contribution is -2.17. The van der Waals surface area contributed by atoms with Crippen molar-refractivity contribution >= 4 is 0 Å². The van der Waals surface area contributed by atoms with E-state index in [-0.39, 0.29) is 0 Å². The van der Waals surface area contributed by atoms with Gasteiger partial charge in [0.2, 0.25) is 0 Å². The molecule has 0 rings (SSSR count). The van der Waals surface area contributed by atoms with Crippen molar-refractivity contribution in [3.63, 3.8) is 0 Å². The number of unbranched alkanes of at least 4 members (excludes halogenated alkanes) is 16. The highest BCUT2D eigenvalue weighted by atomic mass is 16.5. The summed E-state index contributed by atoms with van der Waals surface area (Å²) in [5.41, 5.74) is 0. The minimum Gasteiger partial charge on any atom is -0.501 e. The number of hydrogen-bond acceptors (Lipinski definition) is 2. The molecule has 0 aromatic rings. The van der Waals surface area contributed by atoms with Gasteiger partial charge in [-0.2, -0.15) is 0 Å². The molecule has 168 valence electrons. The van der Waals surface area contributed by atoms with E-state index in [9.17, 15) is 0 Å². The largest absolute Gasteiger partial charge is 0.501 e. The number of allylic oxidation sites excluding steroid dienone is 1. The van der Waals surface area contributed by atoms with Crippen LogP contribution in [0.5, 0.6) is 0 Å². The molecule has 0 aliphatic rings. The fraction of sp³-hybridized carbons (Fsp3) is 0.923. The van der Waals surface area contributed by atoms with E-state index in [1.54, 1.807) is 0 Å². The Morgan fingerprint density at radius 2 is 1.00 bits per heavy atom. The topological polar surface area (TPSA) is 21.3 Å². The van der Waals surface area contributed by atoms with Gasteiger partial charge in [-0.25, -0.2) is 0 Å². The van der Waals surface area contributed by atoms with E-state index in [4.69, 9.17) is 4.74 Å². The van der Waals surface area contributed by atoms with Gasteiger partial charge in [-0.15, -0.1) is 0 Å². The van der Waals surface area contributed by atoms with Crippen molar-refractivity contribution in [3.8, 4) is 0 Å². The highest BCUT2D eigenvalue weighted by molar-refractivity contribution is 4.73. The van der Waals surface area contributed by atoms with Gasteiger partial charge in [0.05, 0.1) is 12.9 Å². The molecule has 2 nitrogen and oxygen atoms in total. The average molecular weight is 396 g/mol. The van der Waals surface area contributed by atoms with Crippen molar-refractivity contribution in [2.45, 2.75) is 136 Å². The van der Waals surface area contributed by atoms with E-state index >= 15 is 0 Å². The van der Waals surface area contributed by atoms with Crippen LogP contribution in [-0.4, -0.2) is 19.7 Å². The Hall–Kier alpha value is -0.500. The molecule has 0 fully saturated rings. The maximum absolute atomic E-state index is 5.56. The Bertz CT molecular complexity index is 290. The molecule has 0 aromatic carbocycles. The van der Waals surface area contributed by atoms with Crippen LogP contribution in [0.3, 0.4) is 0 Å². The Kier molecular flexibility index (Phi) is 26.0. The van der Waals surface area contributed by atoms with Crippen molar-refractivity contribution in [2.75, 3.05) is 19.7 Å². The van der Waals surface area contributed by atoms with Crippen molar-refractivity contribution < 1.29 is 4.74 Å². The van der Waals surface area contributed by atoms with Crippen LogP contribution in [-0.2, 0) is 4.74 Å². The molecule has 0 aliphatic heterocycles. The summed E-state index contributed by atoms with van der Waals surface area (Å²) >= 11 is 0. The molecular weight excluding hydrogens is 342 g/mol. The molecule has 0 heterocycles. The number of hydrogen-bond donors (Lipinski definition) is 1. The molecule has 0 aliphatic carbocycles. The minimum absolute atomic E-state index is 0.843. The molecule has 0 saturated carbocycles. The first kappa shape index (κ1) is 27.5. The molecular formula is C26H53NO. The summed E-state index contributed by atoms with van der Waals surface area (Å²) in [6.45, 7) is 7.62. The normalized spacial score (nSPS) is 11.5. The quantitative estimate of drug-likeness (QED) is 0.130. The number of nitrogens with one attached hydrogen (secondary N) is 1. The third kappa shape index (κ3) is 25.5. The average Bonchev–Trinajstić information content (AvgIpc) is 2.71. The zero-order valence-corrected chi connectivity index (χ0v) is 19.6. The van der Waals surface area contributed by atoms with Gasteiger partial charge in [-0.3, -0.25) is 0 Å². The molecule has 0 unspecified atom stereocenters. The lowest BCUT2D eigenvalue weighted by molar-refractivity contribution is 0.242. The van der Waals surface area contributed by atoms with Crippen LogP contribution in [0.4, 0.5) is 0 Å². The summed E-state index contributed by atoms with van der Waals surface area (Å²) in [6, 6.07) is 0.